The van der Waals surface area contributed by atoms with Crippen molar-refractivity contribution in [2.45, 2.75) is 44.2 Å². The predicted molar refractivity (Wildman–Crippen MR) is 104 cm³/mol. The Hall–Kier alpha value is -2.17. The second-order valence-electron chi connectivity index (χ2n) is 7.06. The normalized spacial score (nSPS) is 22.8. The number of aryl methyl sites for hydroxylation is 1. The number of aliphatic hydroxyl groups excluding tert-OH is 1. The highest BCUT2D eigenvalue weighted by Crippen LogP contribution is 2.31. The van der Waals surface area contributed by atoms with Crippen molar-refractivity contribution >= 4 is 5.91 Å². The van der Waals surface area contributed by atoms with Gasteiger partial charge in [-0.05, 0) is 49.1 Å². The molecule has 4 heteroatoms. The van der Waals surface area contributed by atoms with Gasteiger partial charge < -0.3 is 15.7 Å². The van der Waals surface area contributed by atoms with Crippen LogP contribution >= 0.6 is 0 Å². The van der Waals surface area contributed by atoms with E-state index in [-0.39, 0.29) is 5.91 Å². The second kappa shape index (κ2) is 8.47. The molecule has 0 radical (unpaired) electrons. The van der Waals surface area contributed by atoms with Crippen molar-refractivity contribution in [1.29, 1.82) is 0 Å². The molecular weight excluding hydrogens is 324 g/mol. The average molecular weight is 352 g/mol. The summed E-state index contributed by atoms with van der Waals surface area (Å²) in [5, 5.41) is 17.1. The monoisotopic (exact) mass is 352 g/mol. The van der Waals surface area contributed by atoms with Crippen LogP contribution in [0.3, 0.4) is 0 Å². The zero-order chi connectivity index (χ0) is 18.4. The van der Waals surface area contributed by atoms with Gasteiger partial charge >= 0.3 is 0 Å². The molecule has 1 heterocycles. The first-order valence-electron chi connectivity index (χ1n) is 9.51. The van der Waals surface area contributed by atoms with Crippen molar-refractivity contribution in [3.05, 3.63) is 71.3 Å². The van der Waals surface area contributed by atoms with Crippen LogP contribution in [0.15, 0.2) is 54.6 Å². The molecule has 1 amide bonds. The number of aliphatic hydroxyl groups is 1. The van der Waals surface area contributed by atoms with Gasteiger partial charge in [0.2, 0.25) is 0 Å². The molecule has 2 atom stereocenters. The molecule has 1 aliphatic heterocycles. The highest BCUT2D eigenvalue weighted by Gasteiger charge is 2.42. The minimum absolute atomic E-state index is 0.142. The number of rotatable bonds is 6. The molecule has 0 unspecified atom stereocenters. The Balaban J connectivity index is 1.82. The SMILES string of the molecule is CCCCc1ccc(C(=O)N[C@]2(c3ccccc3)CCNC[C@H]2O)cc1. The van der Waals surface area contributed by atoms with Crippen LogP contribution in [0, 0.1) is 0 Å². The standard InChI is InChI=1S/C22H28N2O2/c1-2-3-7-17-10-12-18(13-11-17)21(26)24-22(14-15-23-16-20(22)25)19-8-5-4-6-9-19/h4-6,8-13,20,23,25H,2-3,7,14-16H2,1H3,(H,24,26)/t20-,22+/m1/s1. The van der Waals surface area contributed by atoms with E-state index in [4.69, 9.17) is 0 Å². The molecule has 1 aliphatic rings. The molecule has 2 aromatic rings. The second-order valence-corrected chi connectivity index (χ2v) is 7.06. The Morgan fingerprint density at radius 1 is 1.19 bits per heavy atom. The number of benzene rings is 2. The lowest BCUT2D eigenvalue weighted by Crippen LogP contribution is -2.61. The summed E-state index contributed by atoms with van der Waals surface area (Å²) in [6, 6.07) is 17.6. The van der Waals surface area contributed by atoms with Crippen LogP contribution in [0.25, 0.3) is 0 Å². The number of amides is 1. The molecule has 138 valence electrons. The van der Waals surface area contributed by atoms with E-state index in [1.807, 2.05) is 54.6 Å². The fourth-order valence-electron chi connectivity index (χ4n) is 3.63. The van der Waals surface area contributed by atoms with Crippen LogP contribution in [0.1, 0.15) is 47.7 Å². The van der Waals surface area contributed by atoms with Crippen molar-refractivity contribution in [3.8, 4) is 0 Å². The number of hydrogen-bond donors (Lipinski definition) is 3. The third kappa shape index (κ3) is 3.97. The molecule has 4 nitrogen and oxygen atoms in total. The molecule has 3 N–H and O–H groups in total. The van der Waals surface area contributed by atoms with E-state index < -0.39 is 11.6 Å². The van der Waals surface area contributed by atoms with Gasteiger partial charge in [-0.25, -0.2) is 0 Å². The minimum atomic E-state index is -0.759. The Morgan fingerprint density at radius 3 is 2.58 bits per heavy atom. The number of piperidine rings is 1. The maximum absolute atomic E-state index is 12.9. The third-order valence-electron chi connectivity index (χ3n) is 5.26. The van der Waals surface area contributed by atoms with Crippen molar-refractivity contribution < 1.29 is 9.90 Å². The molecular formula is C22H28N2O2. The topological polar surface area (TPSA) is 61.4 Å². The molecule has 26 heavy (non-hydrogen) atoms. The largest absolute Gasteiger partial charge is 0.389 e. The maximum Gasteiger partial charge on any atom is 0.252 e. The average Bonchev–Trinajstić information content (AvgIpc) is 2.69. The molecule has 1 saturated heterocycles. The third-order valence-corrected chi connectivity index (χ3v) is 5.26. The van der Waals surface area contributed by atoms with Crippen molar-refractivity contribution in [1.82, 2.24) is 10.6 Å². The Morgan fingerprint density at radius 2 is 1.92 bits per heavy atom. The van der Waals surface area contributed by atoms with Crippen LogP contribution in [-0.4, -0.2) is 30.2 Å². The van der Waals surface area contributed by atoms with E-state index in [0.29, 0.717) is 18.5 Å². The number of unbranched alkanes of at least 4 members (excludes halogenated alkanes) is 1. The van der Waals surface area contributed by atoms with E-state index in [2.05, 4.69) is 17.6 Å². The molecule has 0 bridgehead atoms. The Labute approximate surface area is 155 Å². The van der Waals surface area contributed by atoms with Crippen LogP contribution in [-0.2, 0) is 12.0 Å². The van der Waals surface area contributed by atoms with Crippen LogP contribution in [0.5, 0.6) is 0 Å². The number of carbonyl (C=O) groups is 1. The maximum atomic E-state index is 12.9. The Bertz CT molecular complexity index is 715. The Kier molecular flexibility index (Phi) is 6.07. The first-order valence-corrected chi connectivity index (χ1v) is 9.51. The summed E-state index contributed by atoms with van der Waals surface area (Å²) in [4.78, 5) is 12.9. The van der Waals surface area contributed by atoms with Crippen molar-refractivity contribution in [3.63, 3.8) is 0 Å². The molecule has 1 fully saturated rings. The van der Waals surface area contributed by atoms with E-state index in [9.17, 15) is 9.90 Å². The van der Waals surface area contributed by atoms with E-state index >= 15 is 0 Å². The fraction of sp³-hybridized carbons (Fsp3) is 0.409. The lowest BCUT2D eigenvalue weighted by Gasteiger charge is -2.43. The summed E-state index contributed by atoms with van der Waals surface area (Å²) in [5.74, 6) is -0.142. The quantitative estimate of drug-likeness (QED) is 0.749. The summed E-state index contributed by atoms with van der Waals surface area (Å²) < 4.78 is 0. The predicted octanol–water partition coefficient (Wildman–Crippen LogP) is 3.01. The van der Waals surface area contributed by atoms with Gasteiger partial charge in [0.25, 0.3) is 5.91 Å². The number of nitrogens with one attached hydrogen (secondary N) is 2. The number of hydrogen-bond acceptors (Lipinski definition) is 3. The van der Waals surface area contributed by atoms with Gasteiger partial charge in [-0.1, -0.05) is 55.8 Å². The number of carbonyl (C=O) groups excluding carboxylic acids is 1. The lowest BCUT2D eigenvalue weighted by molar-refractivity contribution is 0.0289. The number of β-amino-alcohol motifs (C(OH)–C–C–N with tert-alkyl or cyclic N) is 1. The van der Waals surface area contributed by atoms with E-state index in [1.165, 1.54) is 5.56 Å². The van der Waals surface area contributed by atoms with Gasteiger partial charge in [0.15, 0.2) is 0 Å². The molecule has 3 rings (SSSR count). The molecule has 0 spiro atoms. The van der Waals surface area contributed by atoms with Crippen LogP contribution in [0.4, 0.5) is 0 Å². The lowest BCUT2D eigenvalue weighted by atomic mass is 9.79. The molecule has 0 aromatic heterocycles. The summed E-state index contributed by atoms with van der Waals surface area (Å²) in [7, 11) is 0. The van der Waals surface area contributed by atoms with Gasteiger partial charge in [-0.2, -0.15) is 0 Å². The zero-order valence-corrected chi connectivity index (χ0v) is 15.4. The highest BCUT2D eigenvalue weighted by molar-refractivity contribution is 5.94. The molecule has 2 aromatic carbocycles. The van der Waals surface area contributed by atoms with Gasteiger partial charge in [-0.3, -0.25) is 4.79 Å². The summed E-state index contributed by atoms with van der Waals surface area (Å²) in [5.41, 5.74) is 2.07. The van der Waals surface area contributed by atoms with Crippen LogP contribution < -0.4 is 10.6 Å². The van der Waals surface area contributed by atoms with Crippen LogP contribution in [0.2, 0.25) is 0 Å². The van der Waals surface area contributed by atoms with Gasteiger partial charge in [-0.15, -0.1) is 0 Å². The highest BCUT2D eigenvalue weighted by atomic mass is 16.3. The molecule has 0 aliphatic carbocycles. The molecule has 0 saturated carbocycles. The first kappa shape index (κ1) is 18.6. The zero-order valence-electron chi connectivity index (χ0n) is 15.4. The van der Waals surface area contributed by atoms with Gasteiger partial charge in [0.05, 0.1) is 11.6 Å². The summed E-state index contributed by atoms with van der Waals surface area (Å²) >= 11 is 0. The first-order chi connectivity index (χ1) is 12.7. The van der Waals surface area contributed by atoms with E-state index in [1.54, 1.807) is 0 Å². The van der Waals surface area contributed by atoms with Crippen molar-refractivity contribution in [2.75, 3.05) is 13.1 Å². The fourth-order valence-corrected chi connectivity index (χ4v) is 3.63. The summed E-state index contributed by atoms with van der Waals surface area (Å²) in [6.45, 7) is 3.39. The van der Waals surface area contributed by atoms with E-state index in [0.717, 1.165) is 31.4 Å². The minimum Gasteiger partial charge on any atom is -0.389 e. The smallest absolute Gasteiger partial charge is 0.252 e. The van der Waals surface area contributed by atoms with Gasteiger partial charge in [0.1, 0.15) is 0 Å². The summed E-state index contributed by atoms with van der Waals surface area (Å²) in [6.07, 6.45) is 3.33. The van der Waals surface area contributed by atoms with Crippen molar-refractivity contribution in [2.24, 2.45) is 0 Å². The van der Waals surface area contributed by atoms with Gasteiger partial charge in [0, 0.05) is 12.1 Å².